The molecule has 2 bridgehead atoms. The van der Waals surface area contributed by atoms with Crippen LogP contribution < -0.4 is 9.64 Å². The van der Waals surface area contributed by atoms with Gasteiger partial charge in [-0.1, -0.05) is 26.0 Å². The van der Waals surface area contributed by atoms with Gasteiger partial charge in [-0.05, 0) is 56.4 Å². The van der Waals surface area contributed by atoms with Crippen molar-refractivity contribution in [1.82, 2.24) is 9.80 Å². The van der Waals surface area contributed by atoms with Crippen LogP contribution in [-0.2, 0) is 14.4 Å². The molecule has 0 aliphatic carbocycles. The summed E-state index contributed by atoms with van der Waals surface area (Å²) in [4.78, 5) is 48.1. The number of carbonyl (C=O) groups is 3. The van der Waals surface area contributed by atoms with Crippen LogP contribution in [0.2, 0.25) is 0 Å². The van der Waals surface area contributed by atoms with E-state index in [1.165, 1.54) is 0 Å². The molecule has 0 saturated carbocycles. The number of anilines is 1. The lowest BCUT2D eigenvalue weighted by molar-refractivity contribution is -0.146. The highest BCUT2D eigenvalue weighted by Gasteiger charge is 2.78. The Morgan fingerprint density at radius 2 is 1.82 bits per heavy atom. The van der Waals surface area contributed by atoms with Gasteiger partial charge >= 0.3 is 0 Å². The number of nitrogens with zero attached hydrogens (tertiary/aromatic N) is 3. The van der Waals surface area contributed by atoms with Crippen molar-refractivity contribution in [2.45, 2.75) is 61.6 Å². The van der Waals surface area contributed by atoms with Gasteiger partial charge in [0.25, 0.3) is 5.91 Å². The molecule has 40 heavy (non-hydrogen) atoms. The van der Waals surface area contributed by atoms with Crippen molar-refractivity contribution < 1.29 is 24.2 Å². The molecule has 4 rings (SSSR count). The van der Waals surface area contributed by atoms with Gasteiger partial charge in [0, 0.05) is 30.6 Å². The highest BCUT2D eigenvalue weighted by Crippen LogP contribution is 2.72. The Morgan fingerprint density at radius 1 is 1.18 bits per heavy atom. The number of likely N-dealkylation sites (tertiary alicyclic amines) is 1. The second kappa shape index (κ2) is 11.6. The van der Waals surface area contributed by atoms with E-state index < -0.39 is 33.4 Å². The number of hydrogen-bond donors (Lipinski definition) is 1. The summed E-state index contributed by atoms with van der Waals surface area (Å²) in [6, 6.07) is 5.90. The normalized spacial score (nSPS) is 29.3. The molecular formula is C31H43N3O5S. The Morgan fingerprint density at radius 3 is 2.38 bits per heavy atom. The van der Waals surface area contributed by atoms with E-state index in [9.17, 15) is 19.5 Å². The van der Waals surface area contributed by atoms with Crippen molar-refractivity contribution in [3.8, 4) is 5.75 Å². The van der Waals surface area contributed by atoms with Crippen LogP contribution in [0.5, 0.6) is 5.75 Å². The van der Waals surface area contributed by atoms with Crippen LogP contribution in [0, 0.1) is 17.8 Å². The molecule has 3 heterocycles. The molecule has 218 valence electrons. The first kappa shape index (κ1) is 30.2. The molecule has 1 aromatic rings. The minimum Gasteiger partial charge on any atom is -0.497 e. The van der Waals surface area contributed by atoms with Crippen LogP contribution in [0.15, 0.2) is 49.6 Å². The lowest BCUT2D eigenvalue weighted by Crippen LogP contribution is -2.58. The van der Waals surface area contributed by atoms with Crippen LogP contribution in [0.3, 0.4) is 0 Å². The molecule has 8 nitrogen and oxygen atoms in total. The zero-order chi connectivity index (χ0) is 29.4. The molecule has 3 amide bonds. The lowest BCUT2D eigenvalue weighted by atomic mass is 9.66. The molecule has 3 saturated heterocycles. The minimum absolute atomic E-state index is 0.0922. The second-order valence-electron chi connectivity index (χ2n) is 11.9. The van der Waals surface area contributed by atoms with Crippen LogP contribution >= 0.6 is 11.8 Å². The zero-order valence-corrected chi connectivity index (χ0v) is 25.2. The molecule has 3 aliphatic rings. The first-order valence-corrected chi connectivity index (χ1v) is 14.9. The van der Waals surface area contributed by atoms with E-state index in [2.05, 4.69) is 20.1 Å². The van der Waals surface area contributed by atoms with Crippen LogP contribution in [0.25, 0.3) is 0 Å². The van der Waals surface area contributed by atoms with E-state index in [0.717, 1.165) is 6.42 Å². The molecule has 0 radical (unpaired) electrons. The number of methoxy groups -OCH3 is 1. The second-order valence-corrected chi connectivity index (χ2v) is 13.8. The number of thioether (sulfide) groups is 1. The Hall–Kier alpha value is -2.78. The summed E-state index contributed by atoms with van der Waals surface area (Å²) in [6.45, 7) is 14.2. The van der Waals surface area contributed by atoms with E-state index in [4.69, 9.17) is 4.74 Å². The number of ether oxygens (including phenoxy) is 1. The quantitative estimate of drug-likeness (QED) is 0.386. The maximum atomic E-state index is 14.7. The summed E-state index contributed by atoms with van der Waals surface area (Å²) in [5, 5.41) is 10.5. The Labute approximate surface area is 242 Å². The predicted molar refractivity (Wildman–Crippen MR) is 159 cm³/mol. The van der Waals surface area contributed by atoms with Gasteiger partial charge in [-0.2, -0.15) is 0 Å². The number of likely N-dealkylation sites (N-methyl/N-ethyl adjacent to an activating group) is 1. The van der Waals surface area contributed by atoms with E-state index in [1.54, 1.807) is 64.9 Å². The third-order valence-electron chi connectivity index (χ3n) is 8.80. The number of aliphatic hydroxyl groups excluding tert-OH is 1. The van der Waals surface area contributed by atoms with Gasteiger partial charge in [-0.25, -0.2) is 0 Å². The van der Waals surface area contributed by atoms with Crippen molar-refractivity contribution >= 4 is 35.2 Å². The molecule has 0 aromatic heterocycles. The van der Waals surface area contributed by atoms with Gasteiger partial charge in [0.1, 0.15) is 11.8 Å². The Balaban J connectivity index is 1.84. The Bertz CT molecular complexity index is 1160. The standard InChI is InChI=1S/C31H43N3O5S/c1-8-16-32(6)27(36)24-25-28(37)34(22(19-35)18-20(3)4)26(31(25)15-14-30(24,5)40-31)29(38)33(17-9-2)21-10-12-23(39-7)13-11-21/h8-13,20,22,24-26,35H,1-2,14-19H2,3-7H3/t22-,24+,25+,26?,30-,31?/m1/s1. The first-order valence-electron chi connectivity index (χ1n) is 14.0. The van der Waals surface area contributed by atoms with Crippen molar-refractivity contribution in [2.75, 3.05) is 38.8 Å². The van der Waals surface area contributed by atoms with E-state index >= 15 is 0 Å². The third kappa shape index (κ3) is 4.85. The van der Waals surface area contributed by atoms with Gasteiger partial charge in [0.2, 0.25) is 11.8 Å². The predicted octanol–water partition coefficient (Wildman–Crippen LogP) is 3.75. The summed E-state index contributed by atoms with van der Waals surface area (Å²) in [6.07, 6.45) is 5.28. The summed E-state index contributed by atoms with van der Waals surface area (Å²) >= 11 is 1.64. The summed E-state index contributed by atoms with van der Waals surface area (Å²) in [5.41, 5.74) is 0.671. The molecule has 1 spiro atoms. The molecule has 1 N–H and O–H groups in total. The smallest absolute Gasteiger partial charge is 0.251 e. The van der Waals surface area contributed by atoms with Crippen LogP contribution in [-0.4, -0.2) is 88.1 Å². The molecule has 6 atom stereocenters. The molecule has 1 aromatic carbocycles. The van der Waals surface area contributed by atoms with Crippen LogP contribution in [0.1, 0.15) is 40.0 Å². The molecule has 2 unspecified atom stereocenters. The molecule has 9 heteroatoms. The van der Waals surface area contributed by atoms with Crippen molar-refractivity contribution in [1.29, 1.82) is 0 Å². The lowest BCUT2D eigenvalue weighted by Gasteiger charge is -2.40. The number of hydrogen-bond acceptors (Lipinski definition) is 6. The van der Waals surface area contributed by atoms with Crippen molar-refractivity contribution in [2.24, 2.45) is 17.8 Å². The maximum absolute atomic E-state index is 14.7. The van der Waals surface area contributed by atoms with Gasteiger partial charge in [-0.15, -0.1) is 24.9 Å². The monoisotopic (exact) mass is 569 g/mol. The number of aliphatic hydroxyl groups is 1. The minimum atomic E-state index is -0.822. The van der Waals surface area contributed by atoms with Gasteiger partial charge in [0.05, 0.1) is 36.3 Å². The average molecular weight is 570 g/mol. The molecule has 3 fully saturated rings. The number of fused-ring (bicyclic) bond motifs is 1. The zero-order valence-electron chi connectivity index (χ0n) is 24.3. The number of benzene rings is 1. The summed E-state index contributed by atoms with van der Waals surface area (Å²) in [7, 11) is 3.33. The summed E-state index contributed by atoms with van der Waals surface area (Å²) in [5.74, 6) is -0.845. The highest BCUT2D eigenvalue weighted by molar-refractivity contribution is 8.02. The van der Waals surface area contributed by atoms with E-state index in [1.807, 2.05) is 26.0 Å². The number of rotatable bonds is 12. The fraction of sp³-hybridized carbons (Fsp3) is 0.581. The van der Waals surface area contributed by atoms with E-state index in [0.29, 0.717) is 30.8 Å². The fourth-order valence-corrected chi connectivity index (χ4v) is 9.45. The third-order valence-corrected chi connectivity index (χ3v) is 10.8. The average Bonchev–Trinajstić information content (AvgIpc) is 3.50. The van der Waals surface area contributed by atoms with Crippen LogP contribution in [0.4, 0.5) is 5.69 Å². The van der Waals surface area contributed by atoms with Gasteiger partial charge in [0.15, 0.2) is 0 Å². The maximum Gasteiger partial charge on any atom is 0.251 e. The van der Waals surface area contributed by atoms with Crippen molar-refractivity contribution in [3.05, 3.63) is 49.6 Å². The van der Waals surface area contributed by atoms with Gasteiger partial charge in [-0.3, -0.25) is 14.4 Å². The van der Waals surface area contributed by atoms with E-state index in [-0.39, 0.29) is 36.8 Å². The number of amides is 3. The fourth-order valence-electron chi connectivity index (χ4n) is 7.12. The first-order chi connectivity index (χ1) is 19.0. The summed E-state index contributed by atoms with van der Waals surface area (Å²) < 4.78 is 4.08. The Kier molecular flexibility index (Phi) is 8.76. The highest BCUT2D eigenvalue weighted by atomic mass is 32.2. The van der Waals surface area contributed by atoms with Crippen molar-refractivity contribution in [3.63, 3.8) is 0 Å². The SMILES string of the molecule is C=CCN(C)C(=O)[C@@H]1[C@H]2C(=O)N([C@@H](CO)CC(C)C)C(C(=O)N(CC=C)c3ccc(OC)cc3)C23CC[C@@]1(C)S3. The number of carbonyl (C=O) groups excluding carboxylic acids is 3. The topological polar surface area (TPSA) is 90.4 Å². The largest absolute Gasteiger partial charge is 0.497 e. The van der Waals surface area contributed by atoms with Gasteiger partial charge < -0.3 is 24.5 Å². The molecule has 3 aliphatic heterocycles. The molecular weight excluding hydrogens is 526 g/mol.